The second-order valence-electron chi connectivity index (χ2n) is 5.94. The van der Waals surface area contributed by atoms with Crippen LogP contribution >= 0.6 is 0 Å². The van der Waals surface area contributed by atoms with Crippen LogP contribution in [-0.4, -0.2) is 18.1 Å². The second kappa shape index (κ2) is 8.64. The molecule has 2 heterocycles. The van der Waals surface area contributed by atoms with Crippen molar-refractivity contribution in [1.82, 2.24) is 0 Å². The van der Waals surface area contributed by atoms with Crippen molar-refractivity contribution in [2.24, 2.45) is 10.7 Å². The average Bonchev–Trinajstić information content (AvgIpc) is 3.11. The molecule has 0 aliphatic carbocycles. The van der Waals surface area contributed by atoms with Gasteiger partial charge >= 0.3 is 12.4 Å². The Morgan fingerprint density at radius 3 is 1.59 bits per heavy atom. The third-order valence-corrected chi connectivity index (χ3v) is 3.15. The zero-order valence-electron chi connectivity index (χ0n) is 15.1. The average molecular weight is 398 g/mol. The number of nitrogens with zero attached hydrogens (tertiary/aromatic N) is 1. The van der Waals surface area contributed by atoms with Crippen LogP contribution in [0.1, 0.15) is 49.0 Å². The highest BCUT2D eigenvalue weighted by atomic mass is 19.4. The van der Waals surface area contributed by atoms with E-state index in [2.05, 4.69) is 4.99 Å². The Morgan fingerprint density at radius 2 is 1.30 bits per heavy atom. The molecular formula is C17H20F6N2O2. The molecule has 0 spiro atoms. The molecule has 2 aromatic rings. The van der Waals surface area contributed by atoms with E-state index in [0.29, 0.717) is 17.2 Å². The van der Waals surface area contributed by atoms with E-state index >= 15 is 0 Å². The Balaban J connectivity index is 0.000000277. The normalized spacial score (nSPS) is 14.2. The number of furan rings is 2. The van der Waals surface area contributed by atoms with Gasteiger partial charge in [0.1, 0.15) is 23.0 Å². The number of alkyl halides is 6. The Bertz CT molecular complexity index is 754. The molecule has 0 aliphatic rings. The lowest BCUT2D eigenvalue weighted by molar-refractivity contribution is -0.153. The van der Waals surface area contributed by atoms with E-state index in [1.54, 1.807) is 13.8 Å². The quantitative estimate of drug-likeness (QED) is 0.523. The molecule has 2 aromatic heterocycles. The summed E-state index contributed by atoms with van der Waals surface area (Å²) in [6.45, 7) is 6.20. The monoisotopic (exact) mass is 398 g/mol. The summed E-state index contributed by atoms with van der Waals surface area (Å²) in [5.74, 6) is 0.453. The number of hydrogen-bond acceptors (Lipinski definition) is 4. The molecule has 27 heavy (non-hydrogen) atoms. The smallest absolute Gasteiger partial charge is 0.418 e. The number of halogens is 6. The highest BCUT2D eigenvalue weighted by Gasteiger charge is 2.42. The number of rotatable bonds is 3. The lowest BCUT2D eigenvalue weighted by Crippen LogP contribution is -2.27. The van der Waals surface area contributed by atoms with Crippen molar-refractivity contribution < 1.29 is 35.2 Å². The van der Waals surface area contributed by atoms with Crippen LogP contribution in [0.15, 0.2) is 38.1 Å². The molecule has 2 N–H and O–H groups in total. The van der Waals surface area contributed by atoms with E-state index in [4.69, 9.17) is 14.6 Å². The van der Waals surface area contributed by atoms with Crippen LogP contribution in [0, 0.1) is 13.8 Å². The number of nitrogens with two attached hydrogens (primary N) is 1. The van der Waals surface area contributed by atoms with Crippen LogP contribution in [0.4, 0.5) is 26.3 Å². The van der Waals surface area contributed by atoms with Gasteiger partial charge in [-0.2, -0.15) is 26.3 Å². The molecule has 0 saturated heterocycles. The Hall–Kier alpha value is -2.23. The van der Waals surface area contributed by atoms with Gasteiger partial charge in [-0.3, -0.25) is 4.99 Å². The molecule has 0 bridgehead atoms. The van der Waals surface area contributed by atoms with Gasteiger partial charge in [0, 0.05) is 5.71 Å². The fourth-order valence-corrected chi connectivity index (χ4v) is 1.94. The van der Waals surface area contributed by atoms with E-state index < -0.39 is 24.4 Å². The number of aryl methyl sites for hydroxylation is 2. The highest BCUT2D eigenvalue weighted by Crippen LogP contribution is 2.36. The van der Waals surface area contributed by atoms with Gasteiger partial charge in [-0.1, -0.05) is 0 Å². The van der Waals surface area contributed by atoms with Crippen LogP contribution in [0.5, 0.6) is 0 Å². The summed E-state index contributed by atoms with van der Waals surface area (Å²) in [4.78, 5) is 3.53. The van der Waals surface area contributed by atoms with Gasteiger partial charge < -0.3 is 14.6 Å². The molecule has 0 saturated carbocycles. The highest BCUT2D eigenvalue weighted by molar-refractivity contribution is 5.79. The second-order valence-corrected chi connectivity index (χ2v) is 5.94. The molecule has 0 fully saturated rings. The van der Waals surface area contributed by atoms with E-state index in [1.165, 1.54) is 38.1 Å². The molecular weight excluding hydrogens is 378 g/mol. The molecule has 2 atom stereocenters. The minimum atomic E-state index is -4.44. The molecule has 152 valence electrons. The topological polar surface area (TPSA) is 64.7 Å². The van der Waals surface area contributed by atoms with Crippen molar-refractivity contribution in [2.45, 2.75) is 52.1 Å². The van der Waals surface area contributed by atoms with E-state index in [9.17, 15) is 26.3 Å². The summed E-state index contributed by atoms with van der Waals surface area (Å²) < 4.78 is 83.4. The Kier molecular flexibility index (Phi) is 7.30. The molecule has 10 heteroatoms. The summed E-state index contributed by atoms with van der Waals surface area (Å²) in [6.07, 6.45) is -8.86. The van der Waals surface area contributed by atoms with Crippen molar-refractivity contribution in [3.05, 3.63) is 47.3 Å². The van der Waals surface area contributed by atoms with Crippen LogP contribution in [0.25, 0.3) is 0 Å². The molecule has 4 nitrogen and oxygen atoms in total. The van der Waals surface area contributed by atoms with Crippen molar-refractivity contribution in [2.75, 3.05) is 0 Å². The lowest BCUT2D eigenvalue weighted by atomic mass is 10.2. The largest absolute Gasteiger partial charge is 0.464 e. The Labute approximate surface area is 152 Å². The maximum atomic E-state index is 12.6. The van der Waals surface area contributed by atoms with E-state index in [0.717, 1.165) is 0 Å². The number of hydrogen-bond donors (Lipinski definition) is 1. The van der Waals surface area contributed by atoms with Crippen molar-refractivity contribution in [1.29, 1.82) is 0 Å². The van der Waals surface area contributed by atoms with Gasteiger partial charge in [-0.15, -0.1) is 0 Å². The van der Waals surface area contributed by atoms with Crippen LogP contribution in [-0.2, 0) is 0 Å². The van der Waals surface area contributed by atoms with Gasteiger partial charge in [-0.05, 0) is 52.0 Å². The summed E-state index contributed by atoms with van der Waals surface area (Å²) in [6, 6.07) is 1.56. The van der Waals surface area contributed by atoms with Crippen LogP contribution < -0.4 is 5.73 Å². The molecule has 2 rings (SSSR count). The van der Waals surface area contributed by atoms with Gasteiger partial charge in [-0.25, -0.2) is 0 Å². The zero-order valence-corrected chi connectivity index (χ0v) is 15.1. The summed E-state index contributed by atoms with van der Waals surface area (Å²) in [7, 11) is 0. The number of aliphatic imine (C=N–C) groups is 1. The zero-order chi connectivity index (χ0) is 21.0. The first-order chi connectivity index (χ1) is 12.2. The maximum absolute atomic E-state index is 12.6. The molecule has 0 amide bonds. The van der Waals surface area contributed by atoms with E-state index in [1.807, 2.05) is 0 Å². The summed E-state index contributed by atoms with van der Waals surface area (Å²) in [5.41, 5.74) is 5.23. The Morgan fingerprint density at radius 1 is 0.852 bits per heavy atom. The van der Waals surface area contributed by atoms with Gasteiger partial charge in [0.25, 0.3) is 0 Å². The minimum absolute atomic E-state index is 0.166. The third kappa shape index (κ3) is 7.12. The maximum Gasteiger partial charge on any atom is 0.418 e. The third-order valence-electron chi connectivity index (χ3n) is 3.15. The van der Waals surface area contributed by atoms with Crippen LogP contribution in [0.2, 0.25) is 0 Å². The first-order valence-corrected chi connectivity index (χ1v) is 7.74. The predicted molar refractivity (Wildman–Crippen MR) is 87.5 cm³/mol. The summed E-state index contributed by atoms with van der Waals surface area (Å²) >= 11 is 0. The predicted octanol–water partition coefficient (Wildman–Crippen LogP) is 5.82. The summed E-state index contributed by atoms with van der Waals surface area (Å²) in [5, 5.41) is 0. The van der Waals surface area contributed by atoms with Crippen molar-refractivity contribution in [3.63, 3.8) is 0 Å². The van der Waals surface area contributed by atoms with Gasteiger partial charge in [0.05, 0.1) is 0 Å². The van der Waals surface area contributed by atoms with E-state index in [-0.39, 0.29) is 11.5 Å². The van der Waals surface area contributed by atoms with Crippen molar-refractivity contribution >= 4 is 5.71 Å². The van der Waals surface area contributed by atoms with Crippen molar-refractivity contribution in [3.8, 4) is 0 Å². The molecule has 0 radical (unpaired) electrons. The van der Waals surface area contributed by atoms with Gasteiger partial charge in [0.15, 0.2) is 6.04 Å². The fraction of sp³-hybridized carbons (Fsp3) is 0.471. The minimum Gasteiger partial charge on any atom is -0.464 e. The van der Waals surface area contributed by atoms with Gasteiger partial charge in [0.2, 0.25) is 6.04 Å². The SMILES string of the molecule is CC(C)=N[C@@H](c1ccc(C)o1)C(F)(F)F.Cc1ccc([C@H](N)C(F)(F)F)o1. The molecule has 0 aliphatic heterocycles. The standard InChI is InChI=1S/C10H12F3NO.C7H8F3NO/c1-6(2)14-9(10(11,12)13)8-5-4-7(3)15-8;1-4-2-3-5(12-4)6(11)7(8,9)10/h4-5,9H,1-3H3;2-3,6H,11H2,1H3/t9-;6-/m00/s1. The lowest BCUT2D eigenvalue weighted by Gasteiger charge is -2.14. The first kappa shape index (κ1) is 22.8. The first-order valence-electron chi connectivity index (χ1n) is 7.74. The molecule has 0 unspecified atom stereocenters. The van der Waals surface area contributed by atoms with Crippen LogP contribution in [0.3, 0.4) is 0 Å². The fourth-order valence-electron chi connectivity index (χ4n) is 1.94. The molecule has 0 aromatic carbocycles.